The molecule has 11 nitrogen and oxygen atoms in total. The molecule has 2 aromatic rings. The average Bonchev–Trinajstić information content (AvgIpc) is 3.54. The second-order valence-electron chi connectivity index (χ2n) is 10.7. The van der Waals surface area contributed by atoms with Gasteiger partial charge in [-0.1, -0.05) is 49.4 Å². The smallest absolute Gasteiger partial charge is 0.414 e. The van der Waals surface area contributed by atoms with E-state index in [2.05, 4.69) is 0 Å². The third-order valence-electron chi connectivity index (χ3n) is 7.88. The lowest BCUT2D eigenvalue weighted by Crippen LogP contribution is -2.44. The molecular formula is C32H39N3O8. The van der Waals surface area contributed by atoms with Crippen LogP contribution in [0.3, 0.4) is 0 Å². The summed E-state index contributed by atoms with van der Waals surface area (Å²) in [4.78, 5) is 55.2. The highest BCUT2D eigenvalue weighted by Gasteiger charge is 2.52. The number of aliphatic hydroxyl groups excluding tert-OH is 1. The Hall–Kier alpha value is -4.22. The summed E-state index contributed by atoms with van der Waals surface area (Å²) in [6.07, 6.45) is 4.04. The van der Waals surface area contributed by atoms with Crippen LogP contribution >= 0.6 is 0 Å². The Balaban J connectivity index is 1.54. The summed E-state index contributed by atoms with van der Waals surface area (Å²) >= 11 is 0. The van der Waals surface area contributed by atoms with E-state index in [1.165, 1.54) is 16.9 Å². The van der Waals surface area contributed by atoms with Crippen molar-refractivity contribution in [2.24, 2.45) is 5.92 Å². The van der Waals surface area contributed by atoms with Gasteiger partial charge in [0.25, 0.3) is 5.91 Å². The number of rotatable bonds is 14. The number of carbonyl (C=O) groups is 4. The number of amides is 3. The van der Waals surface area contributed by atoms with Gasteiger partial charge in [-0.15, -0.1) is 0 Å². The van der Waals surface area contributed by atoms with Gasteiger partial charge in [0, 0.05) is 49.6 Å². The number of ether oxygens (including phenoxy) is 2. The fourth-order valence-electron chi connectivity index (χ4n) is 5.45. The first-order valence-corrected chi connectivity index (χ1v) is 14.5. The molecule has 0 spiro atoms. The Bertz CT molecular complexity index is 1350. The van der Waals surface area contributed by atoms with E-state index in [0.717, 1.165) is 5.56 Å². The Morgan fingerprint density at radius 2 is 1.93 bits per heavy atom. The molecular weight excluding hydrogens is 554 g/mol. The quantitative estimate of drug-likeness (QED) is 0.194. The molecule has 2 aliphatic rings. The van der Waals surface area contributed by atoms with Crippen molar-refractivity contribution in [3.63, 3.8) is 0 Å². The van der Waals surface area contributed by atoms with E-state index < -0.39 is 23.5 Å². The van der Waals surface area contributed by atoms with Crippen LogP contribution in [-0.4, -0.2) is 78.9 Å². The first-order valence-electron chi connectivity index (χ1n) is 14.5. The van der Waals surface area contributed by atoms with Gasteiger partial charge in [0.1, 0.15) is 6.61 Å². The van der Waals surface area contributed by atoms with Crippen LogP contribution in [0.2, 0.25) is 0 Å². The average molecular weight is 594 g/mol. The molecule has 2 atom stereocenters. The molecule has 2 N–H and O–H groups in total. The Labute approximate surface area is 251 Å². The Kier molecular flexibility index (Phi) is 10.5. The van der Waals surface area contributed by atoms with Gasteiger partial charge in [-0.2, -0.15) is 0 Å². The molecule has 2 aliphatic heterocycles. The fourth-order valence-corrected chi connectivity index (χ4v) is 5.45. The van der Waals surface area contributed by atoms with Crippen LogP contribution in [0, 0.1) is 5.92 Å². The van der Waals surface area contributed by atoms with E-state index in [0.29, 0.717) is 42.9 Å². The second-order valence-corrected chi connectivity index (χ2v) is 10.7. The van der Waals surface area contributed by atoms with Gasteiger partial charge in [-0.25, -0.2) is 4.79 Å². The molecule has 0 radical (unpaired) electrons. The van der Waals surface area contributed by atoms with Crippen LogP contribution in [0.4, 0.5) is 16.2 Å². The first kappa shape index (κ1) is 31.7. The second kappa shape index (κ2) is 14.3. The zero-order chi connectivity index (χ0) is 31.0. The van der Waals surface area contributed by atoms with Crippen LogP contribution in [0.1, 0.15) is 43.7 Å². The van der Waals surface area contributed by atoms with Crippen LogP contribution < -0.4 is 9.80 Å². The lowest BCUT2D eigenvalue weighted by Gasteiger charge is -2.28. The number of methoxy groups -OCH3 is 1. The minimum atomic E-state index is -1.95. The minimum absolute atomic E-state index is 0.0190. The topological polar surface area (TPSA) is 137 Å². The molecule has 1 saturated heterocycles. The lowest BCUT2D eigenvalue weighted by molar-refractivity contribution is -0.140. The maximum atomic E-state index is 13.8. The molecule has 1 fully saturated rings. The number of unbranched alkanes of at least 4 members (excludes halogenated alkanes) is 1. The van der Waals surface area contributed by atoms with Crippen molar-refractivity contribution in [1.82, 2.24) is 4.90 Å². The predicted molar refractivity (Wildman–Crippen MR) is 159 cm³/mol. The van der Waals surface area contributed by atoms with E-state index >= 15 is 0 Å². The van der Waals surface area contributed by atoms with Crippen molar-refractivity contribution in [2.45, 2.75) is 44.8 Å². The molecule has 0 bridgehead atoms. The van der Waals surface area contributed by atoms with Gasteiger partial charge in [0.05, 0.1) is 25.9 Å². The van der Waals surface area contributed by atoms with Gasteiger partial charge in [0.2, 0.25) is 5.91 Å². The van der Waals surface area contributed by atoms with Crippen molar-refractivity contribution in [3.05, 3.63) is 71.8 Å². The predicted octanol–water partition coefficient (Wildman–Crippen LogP) is 3.12. The summed E-state index contributed by atoms with van der Waals surface area (Å²) in [7, 11) is 1.33. The van der Waals surface area contributed by atoms with Crippen LogP contribution in [0.25, 0.3) is 0 Å². The molecule has 3 amide bonds. The first-order chi connectivity index (χ1) is 20.7. The highest BCUT2D eigenvalue weighted by molar-refractivity contribution is 6.08. The van der Waals surface area contributed by atoms with Crippen LogP contribution in [-0.2, 0) is 36.0 Å². The molecule has 0 aliphatic carbocycles. The fraction of sp³-hybridized carbons (Fsp3) is 0.438. The number of anilines is 2. The summed E-state index contributed by atoms with van der Waals surface area (Å²) in [5, 5.41) is 21.5. The van der Waals surface area contributed by atoms with Crippen molar-refractivity contribution < 1.29 is 38.9 Å². The largest absolute Gasteiger partial charge is 0.469 e. The zero-order valence-corrected chi connectivity index (χ0v) is 24.6. The van der Waals surface area contributed by atoms with Crippen molar-refractivity contribution in [2.75, 3.05) is 49.8 Å². The molecule has 230 valence electrons. The van der Waals surface area contributed by atoms with E-state index in [9.17, 15) is 29.4 Å². The minimum Gasteiger partial charge on any atom is -0.469 e. The summed E-state index contributed by atoms with van der Waals surface area (Å²) in [6.45, 7) is 2.94. The lowest BCUT2D eigenvalue weighted by atomic mass is 9.82. The Morgan fingerprint density at radius 1 is 1.16 bits per heavy atom. The number of esters is 1. The number of benzene rings is 2. The number of fused-ring (bicyclic) bond motifs is 1. The number of aliphatic hydroxyl groups is 2. The van der Waals surface area contributed by atoms with Gasteiger partial charge >= 0.3 is 12.1 Å². The number of nitrogens with zero attached hydrogens (tertiary/aromatic N) is 3. The van der Waals surface area contributed by atoms with Gasteiger partial charge in [0.15, 0.2) is 5.60 Å². The van der Waals surface area contributed by atoms with Crippen molar-refractivity contribution in [3.8, 4) is 0 Å². The zero-order valence-electron chi connectivity index (χ0n) is 24.6. The van der Waals surface area contributed by atoms with E-state index in [1.807, 2.05) is 30.3 Å². The molecule has 2 aromatic carbocycles. The van der Waals surface area contributed by atoms with E-state index in [-0.39, 0.29) is 51.0 Å². The molecule has 0 unspecified atom stereocenters. The molecule has 11 heteroatoms. The molecule has 4 rings (SSSR count). The van der Waals surface area contributed by atoms with Crippen molar-refractivity contribution >= 4 is 35.3 Å². The molecule has 0 aromatic heterocycles. The SMILES string of the molecule is COC(=O)CCCCN1C(=O)[C@@](O)([C@@H](C)/C=C/CC(=O)N(CCO)Cc2ccccc2)c2cc(N3CCOC3=O)ccc21. The number of hydrogen-bond acceptors (Lipinski definition) is 8. The summed E-state index contributed by atoms with van der Waals surface area (Å²) in [5.41, 5.74) is 0.374. The van der Waals surface area contributed by atoms with Gasteiger partial charge in [-0.3, -0.25) is 19.3 Å². The van der Waals surface area contributed by atoms with E-state index in [4.69, 9.17) is 9.47 Å². The standard InChI is InChI=1S/C32H39N3O8/c1-23(9-8-12-28(37)33(17-19-36)22-24-10-4-3-5-11-24)32(41)26-21-25(34-18-20-43-31(34)40)14-15-27(26)35(30(32)39)16-7-6-13-29(38)42-2/h3-5,8-11,14-15,21,23,36,41H,6-7,12-13,16-20,22H2,1-2H3/b9-8+/t23-,32+/m0/s1. The highest BCUT2D eigenvalue weighted by Crippen LogP contribution is 2.47. The maximum Gasteiger partial charge on any atom is 0.414 e. The summed E-state index contributed by atoms with van der Waals surface area (Å²) in [6, 6.07) is 14.6. The van der Waals surface area contributed by atoms with E-state index in [1.54, 1.807) is 42.2 Å². The maximum absolute atomic E-state index is 13.8. The molecule has 43 heavy (non-hydrogen) atoms. The van der Waals surface area contributed by atoms with Crippen LogP contribution in [0.5, 0.6) is 0 Å². The number of carbonyl (C=O) groups excluding carboxylic acids is 4. The third kappa shape index (κ3) is 7.06. The Morgan fingerprint density at radius 3 is 2.60 bits per heavy atom. The van der Waals surface area contributed by atoms with Crippen molar-refractivity contribution in [1.29, 1.82) is 0 Å². The molecule has 2 heterocycles. The molecule has 0 saturated carbocycles. The summed E-state index contributed by atoms with van der Waals surface area (Å²) in [5.74, 6) is -1.78. The monoisotopic (exact) mass is 593 g/mol. The number of hydrogen-bond donors (Lipinski definition) is 2. The summed E-state index contributed by atoms with van der Waals surface area (Å²) < 4.78 is 9.77. The van der Waals surface area contributed by atoms with Crippen LogP contribution in [0.15, 0.2) is 60.7 Å². The number of cyclic esters (lactones) is 1. The highest BCUT2D eigenvalue weighted by atomic mass is 16.6. The van der Waals surface area contributed by atoms with Gasteiger partial charge in [-0.05, 0) is 36.6 Å². The van der Waals surface area contributed by atoms with Gasteiger partial charge < -0.3 is 29.5 Å². The third-order valence-corrected chi connectivity index (χ3v) is 7.88. The normalized spacial score (nSPS) is 18.6.